The summed E-state index contributed by atoms with van der Waals surface area (Å²) in [6.45, 7) is 0.00949. The molecule has 74 valence electrons. The summed E-state index contributed by atoms with van der Waals surface area (Å²) in [5, 5.41) is 12.3. The predicted molar refractivity (Wildman–Crippen MR) is 61.7 cm³/mol. The van der Waals surface area contributed by atoms with Crippen molar-refractivity contribution in [3.05, 3.63) is 28.6 Å². The first-order valence-electron chi connectivity index (χ1n) is 4.22. The van der Waals surface area contributed by atoms with Crippen molar-refractivity contribution in [2.24, 2.45) is 0 Å². The standard InChI is InChI=1S/C10H10ClNOS/c11-4-6-3-9(12)10-7(1-2-14-10)8(6)5-13/h1-3,13H,4-5,12H2. The Bertz CT molecular complexity index is 466. The first-order chi connectivity index (χ1) is 6.77. The number of hydrogen-bond donors (Lipinski definition) is 2. The number of anilines is 1. The molecule has 0 atom stereocenters. The summed E-state index contributed by atoms with van der Waals surface area (Å²) in [5.41, 5.74) is 8.42. The molecule has 3 N–H and O–H groups in total. The van der Waals surface area contributed by atoms with Gasteiger partial charge in [-0.3, -0.25) is 0 Å². The van der Waals surface area contributed by atoms with Gasteiger partial charge in [-0.05, 0) is 28.6 Å². The zero-order chi connectivity index (χ0) is 10.1. The third-order valence-electron chi connectivity index (χ3n) is 2.27. The molecule has 0 fully saturated rings. The van der Waals surface area contributed by atoms with E-state index in [1.54, 1.807) is 11.3 Å². The molecule has 2 aromatic rings. The normalized spacial score (nSPS) is 11.0. The molecule has 0 amide bonds. The minimum atomic E-state index is 0.00949. The Kier molecular flexibility index (Phi) is 2.63. The van der Waals surface area contributed by atoms with E-state index in [2.05, 4.69) is 0 Å². The lowest BCUT2D eigenvalue weighted by Crippen LogP contribution is -1.95. The second-order valence-corrected chi connectivity index (χ2v) is 4.24. The molecule has 0 saturated heterocycles. The molecule has 0 aliphatic rings. The van der Waals surface area contributed by atoms with Crippen LogP contribution in [0.2, 0.25) is 0 Å². The van der Waals surface area contributed by atoms with Gasteiger partial charge in [0.15, 0.2) is 0 Å². The first kappa shape index (κ1) is 9.77. The number of nitrogen functional groups attached to an aromatic ring is 1. The first-order valence-corrected chi connectivity index (χ1v) is 5.63. The van der Waals surface area contributed by atoms with Crippen LogP contribution < -0.4 is 5.73 Å². The molecule has 1 aromatic carbocycles. The molecule has 0 aliphatic carbocycles. The fourth-order valence-electron chi connectivity index (χ4n) is 1.59. The van der Waals surface area contributed by atoms with Crippen molar-refractivity contribution in [2.45, 2.75) is 12.5 Å². The van der Waals surface area contributed by atoms with Gasteiger partial charge in [-0.25, -0.2) is 0 Å². The van der Waals surface area contributed by atoms with Gasteiger partial charge in [0, 0.05) is 17.0 Å². The van der Waals surface area contributed by atoms with Crippen LogP contribution in [-0.2, 0) is 12.5 Å². The Labute approximate surface area is 90.9 Å². The Morgan fingerprint density at radius 2 is 2.29 bits per heavy atom. The van der Waals surface area contributed by atoms with Gasteiger partial charge in [0.25, 0.3) is 0 Å². The maximum Gasteiger partial charge on any atom is 0.0691 e. The fraction of sp³-hybridized carbons (Fsp3) is 0.200. The van der Waals surface area contributed by atoms with Crippen molar-refractivity contribution in [1.29, 1.82) is 0 Å². The highest BCUT2D eigenvalue weighted by Crippen LogP contribution is 2.33. The van der Waals surface area contributed by atoms with Crippen LogP contribution in [0.3, 0.4) is 0 Å². The van der Waals surface area contributed by atoms with E-state index in [0.717, 1.165) is 26.9 Å². The van der Waals surface area contributed by atoms with Crippen molar-refractivity contribution < 1.29 is 5.11 Å². The molecule has 0 radical (unpaired) electrons. The molecular weight excluding hydrogens is 218 g/mol. The lowest BCUT2D eigenvalue weighted by atomic mass is 10.0. The van der Waals surface area contributed by atoms with Gasteiger partial charge >= 0.3 is 0 Å². The van der Waals surface area contributed by atoms with Crippen LogP contribution in [0.4, 0.5) is 5.69 Å². The zero-order valence-electron chi connectivity index (χ0n) is 7.46. The minimum absolute atomic E-state index is 0.00949. The molecule has 14 heavy (non-hydrogen) atoms. The number of fused-ring (bicyclic) bond motifs is 1. The van der Waals surface area contributed by atoms with E-state index in [-0.39, 0.29) is 6.61 Å². The maximum atomic E-state index is 9.26. The molecule has 0 unspecified atom stereocenters. The highest BCUT2D eigenvalue weighted by molar-refractivity contribution is 7.17. The summed E-state index contributed by atoms with van der Waals surface area (Å²) in [5.74, 6) is 0.381. The summed E-state index contributed by atoms with van der Waals surface area (Å²) in [7, 11) is 0. The fourth-order valence-corrected chi connectivity index (χ4v) is 2.68. The summed E-state index contributed by atoms with van der Waals surface area (Å²) in [6.07, 6.45) is 0. The Hall–Kier alpha value is -0.770. The lowest BCUT2D eigenvalue weighted by molar-refractivity contribution is 0.282. The smallest absolute Gasteiger partial charge is 0.0691 e. The van der Waals surface area contributed by atoms with Crippen LogP contribution in [0.5, 0.6) is 0 Å². The molecule has 0 aliphatic heterocycles. The number of aliphatic hydroxyl groups excluding tert-OH is 1. The van der Waals surface area contributed by atoms with Crippen molar-refractivity contribution in [3.63, 3.8) is 0 Å². The third-order valence-corrected chi connectivity index (χ3v) is 3.52. The molecule has 4 heteroatoms. The summed E-state index contributed by atoms with van der Waals surface area (Å²) < 4.78 is 1.03. The summed E-state index contributed by atoms with van der Waals surface area (Å²) >= 11 is 7.37. The number of aliphatic hydroxyl groups is 1. The molecule has 0 spiro atoms. The quantitative estimate of drug-likeness (QED) is 0.612. The van der Waals surface area contributed by atoms with E-state index in [4.69, 9.17) is 17.3 Å². The molecule has 2 nitrogen and oxygen atoms in total. The predicted octanol–water partition coefficient (Wildman–Crippen LogP) is 2.71. The van der Waals surface area contributed by atoms with Crippen molar-refractivity contribution >= 4 is 38.7 Å². The number of alkyl halides is 1. The average Bonchev–Trinajstić information content (AvgIpc) is 2.66. The zero-order valence-corrected chi connectivity index (χ0v) is 9.03. The van der Waals surface area contributed by atoms with Gasteiger partial charge in [-0.1, -0.05) is 0 Å². The number of nitrogens with two attached hydrogens (primary N) is 1. The third kappa shape index (κ3) is 1.38. The minimum Gasteiger partial charge on any atom is -0.398 e. The van der Waals surface area contributed by atoms with Crippen molar-refractivity contribution in [1.82, 2.24) is 0 Å². The Morgan fingerprint density at radius 3 is 2.93 bits per heavy atom. The van der Waals surface area contributed by atoms with E-state index in [1.165, 1.54) is 0 Å². The van der Waals surface area contributed by atoms with Crippen LogP contribution >= 0.6 is 22.9 Å². The average molecular weight is 228 g/mol. The number of hydrogen-bond acceptors (Lipinski definition) is 3. The maximum absolute atomic E-state index is 9.26. The summed E-state index contributed by atoms with van der Waals surface area (Å²) in [6, 6.07) is 3.81. The van der Waals surface area contributed by atoms with Crippen LogP contribution in [0, 0.1) is 0 Å². The van der Waals surface area contributed by atoms with Crippen LogP contribution in [0.25, 0.3) is 10.1 Å². The van der Waals surface area contributed by atoms with Gasteiger partial charge in [-0.2, -0.15) is 0 Å². The number of rotatable bonds is 2. The van der Waals surface area contributed by atoms with Crippen molar-refractivity contribution in [3.8, 4) is 0 Å². The molecule has 1 heterocycles. The van der Waals surface area contributed by atoms with Crippen LogP contribution in [-0.4, -0.2) is 5.11 Å². The van der Waals surface area contributed by atoms with Gasteiger partial charge in [0.1, 0.15) is 0 Å². The van der Waals surface area contributed by atoms with Gasteiger partial charge in [0.2, 0.25) is 0 Å². The second kappa shape index (κ2) is 3.77. The number of halogens is 1. The van der Waals surface area contributed by atoms with Crippen molar-refractivity contribution in [2.75, 3.05) is 5.73 Å². The monoisotopic (exact) mass is 227 g/mol. The number of thiophene rings is 1. The molecule has 0 bridgehead atoms. The molecule has 1 aromatic heterocycles. The molecular formula is C10H10ClNOS. The largest absolute Gasteiger partial charge is 0.398 e. The van der Waals surface area contributed by atoms with Crippen LogP contribution in [0.15, 0.2) is 17.5 Å². The lowest BCUT2D eigenvalue weighted by Gasteiger charge is -2.08. The van der Waals surface area contributed by atoms with Gasteiger partial charge in [-0.15, -0.1) is 22.9 Å². The highest BCUT2D eigenvalue weighted by Gasteiger charge is 2.09. The van der Waals surface area contributed by atoms with E-state index < -0.39 is 0 Å². The Balaban J connectivity index is 2.82. The Morgan fingerprint density at radius 1 is 1.50 bits per heavy atom. The second-order valence-electron chi connectivity index (χ2n) is 3.06. The SMILES string of the molecule is Nc1cc(CCl)c(CO)c2ccsc12. The molecule has 0 saturated carbocycles. The summed E-state index contributed by atoms with van der Waals surface area (Å²) in [4.78, 5) is 0. The van der Waals surface area contributed by atoms with E-state index >= 15 is 0 Å². The van der Waals surface area contributed by atoms with Gasteiger partial charge < -0.3 is 10.8 Å². The topological polar surface area (TPSA) is 46.2 Å². The molecule has 2 rings (SSSR count). The van der Waals surface area contributed by atoms with E-state index in [1.807, 2.05) is 17.5 Å². The number of benzene rings is 1. The van der Waals surface area contributed by atoms with Gasteiger partial charge in [0.05, 0.1) is 11.3 Å². The van der Waals surface area contributed by atoms with Crippen LogP contribution in [0.1, 0.15) is 11.1 Å². The highest BCUT2D eigenvalue weighted by atomic mass is 35.5. The van der Waals surface area contributed by atoms with E-state index in [0.29, 0.717) is 5.88 Å². The van der Waals surface area contributed by atoms with E-state index in [9.17, 15) is 5.11 Å².